The first-order valence-electron chi connectivity index (χ1n) is 13.0. The molecule has 3 atom stereocenters. The summed E-state index contributed by atoms with van der Waals surface area (Å²) >= 11 is 0. The predicted octanol–water partition coefficient (Wildman–Crippen LogP) is 5.93. The quantitative estimate of drug-likeness (QED) is 0.301. The van der Waals surface area contributed by atoms with Crippen LogP contribution in [-0.4, -0.2) is 29.0 Å². The van der Waals surface area contributed by atoms with E-state index >= 15 is 0 Å². The van der Waals surface area contributed by atoms with E-state index in [0.29, 0.717) is 36.3 Å². The summed E-state index contributed by atoms with van der Waals surface area (Å²) in [5, 5.41) is -0.644. The zero-order valence-electron chi connectivity index (χ0n) is 21.2. The van der Waals surface area contributed by atoms with Crippen molar-refractivity contribution in [2.45, 2.75) is 49.2 Å². The molecule has 1 unspecified atom stereocenters. The van der Waals surface area contributed by atoms with Crippen LogP contribution in [0, 0.1) is 24.1 Å². The minimum absolute atomic E-state index is 0.0254. The summed E-state index contributed by atoms with van der Waals surface area (Å²) in [7, 11) is -3.62. The van der Waals surface area contributed by atoms with Gasteiger partial charge in [-0.3, -0.25) is 9.78 Å². The number of benzene rings is 2. The van der Waals surface area contributed by atoms with Crippen molar-refractivity contribution < 1.29 is 17.6 Å². The second kappa shape index (κ2) is 9.31. The number of aryl methyl sites for hydroxylation is 1. The third kappa shape index (κ3) is 4.09. The molecule has 2 aromatic heterocycles. The highest BCUT2D eigenvalue weighted by Crippen LogP contribution is 2.53. The van der Waals surface area contributed by atoms with Crippen molar-refractivity contribution in [2.24, 2.45) is 11.3 Å². The summed E-state index contributed by atoms with van der Waals surface area (Å²) in [4.78, 5) is 18.9. The number of hydrogen-bond acceptors (Lipinski definition) is 4. The SMILES string of the molecule is Cc1cccc(S(=O)(=O)[C@H]2CCC3Cc4c(ccn4-c4ccc(F)cc4)C[C@]3(C(=O)c3ccccn3)C2)c1. The Kier molecular flexibility index (Phi) is 6.06. The number of carbonyl (C=O) groups excluding carboxylic acids is 1. The molecule has 0 saturated heterocycles. The zero-order valence-corrected chi connectivity index (χ0v) is 22.0. The first-order chi connectivity index (χ1) is 18.3. The number of pyridine rings is 1. The van der Waals surface area contributed by atoms with Crippen LogP contribution in [0.4, 0.5) is 4.39 Å². The van der Waals surface area contributed by atoms with Gasteiger partial charge in [-0.1, -0.05) is 18.2 Å². The van der Waals surface area contributed by atoms with Crippen molar-refractivity contribution >= 4 is 15.6 Å². The molecule has 2 aliphatic carbocycles. The molecule has 2 heterocycles. The van der Waals surface area contributed by atoms with Crippen LogP contribution < -0.4 is 0 Å². The molecule has 6 rings (SSSR count). The number of hydrogen-bond donors (Lipinski definition) is 0. The van der Waals surface area contributed by atoms with E-state index in [1.54, 1.807) is 54.7 Å². The Hall–Kier alpha value is -3.58. The third-order valence-electron chi connectivity index (χ3n) is 8.45. The lowest BCUT2D eigenvalue weighted by Crippen LogP contribution is -2.51. The highest BCUT2D eigenvalue weighted by atomic mass is 32.2. The van der Waals surface area contributed by atoms with Gasteiger partial charge in [0.15, 0.2) is 15.6 Å². The van der Waals surface area contributed by atoms with E-state index < -0.39 is 20.5 Å². The van der Waals surface area contributed by atoms with Crippen LogP contribution in [0.15, 0.2) is 90.1 Å². The van der Waals surface area contributed by atoms with Gasteiger partial charge in [0.05, 0.1) is 10.1 Å². The van der Waals surface area contributed by atoms with Gasteiger partial charge in [-0.05, 0) is 111 Å². The Morgan fingerprint density at radius 1 is 1.03 bits per heavy atom. The lowest BCUT2D eigenvalue weighted by molar-refractivity contribution is 0.0488. The number of ketones is 1. The topological polar surface area (TPSA) is 69.0 Å². The van der Waals surface area contributed by atoms with Crippen molar-refractivity contribution in [3.8, 4) is 5.69 Å². The van der Waals surface area contributed by atoms with Gasteiger partial charge >= 0.3 is 0 Å². The summed E-state index contributed by atoms with van der Waals surface area (Å²) in [6.07, 6.45) is 6.08. The Bertz CT molecular complexity index is 1610. The van der Waals surface area contributed by atoms with Crippen LogP contribution in [0.1, 0.15) is 46.6 Å². The standard InChI is InChI=1S/C31H29FN2O3S/c1-21-5-4-6-26(17-21)38(36,37)27-13-8-23-18-29-22(14-16-34(29)25-11-9-24(32)10-12-25)19-31(23,20-27)30(35)28-7-2-3-15-33-28/h2-7,9-12,14-17,23,27H,8,13,18-20H2,1H3/t23?,27-,31-/m0/s1. The highest BCUT2D eigenvalue weighted by Gasteiger charge is 2.55. The summed E-state index contributed by atoms with van der Waals surface area (Å²) in [5.74, 6) is -0.391. The Morgan fingerprint density at radius 2 is 1.84 bits per heavy atom. The maximum Gasteiger partial charge on any atom is 0.187 e. The molecule has 1 fully saturated rings. The van der Waals surface area contributed by atoms with Gasteiger partial charge in [-0.15, -0.1) is 0 Å². The molecule has 0 bridgehead atoms. The molecule has 4 aromatic rings. The minimum Gasteiger partial charge on any atom is -0.321 e. The van der Waals surface area contributed by atoms with Crippen molar-refractivity contribution in [1.82, 2.24) is 9.55 Å². The van der Waals surface area contributed by atoms with E-state index in [1.807, 2.05) is 25.3 Å². The fourth-order valence-corrected chi connectivity index (χ4v) is 8.49. The van der Waals surface area contributed by atoms with Gasteiger partial charge in [0.1, 0.15) is 11.5 Å². The van der Waals surface area contributed by atoms with Crippen LogP contribution in [0.25, 0.3) is 5.69 Å². The first kappa shape index (κ1) is 24.7. The molecule has 0 aliphatic heterocycles. The number of halogens is 1. The van der Waals surface area contributed by atoms with Gasteiger partial charge in [-0.2, -0.15) is 0 Å². The van der Waals surface area contributed by atoms with Gasteiger partial charge in [0.25, 0.3) is 0 Å². The van der Waals surface area contributed by atoms with Gasteiger partial charge < -0.3 is 4.57 Å². The molecule has 1 saturated carbocycles. The summed E-state index contributed by atoms with van der Waals surface area (Å²) in [6, 6.07) is 20.7. The Labute approximate surface area is 222 Å². The lowest BCUT2D eigenvalue weighted by atomic mass is 9.56. The number of carbonyl (C=O) groups is 1. The summed E-state index contributed by atoms with van der Waals surface area (Å²) in [6.45, 7) is 1.89. The van der Waals surface area contributed by atoms with E-state index in [0.717, 1.165) is 22.5 Å². The van der Waals surface area contributed by atoms with E-state index in [-0.39, 0.29) is 23.9 Å². The maximum absolute atomic E-state index is 14.2. The number of fused-ring (bicyclic) bond motifs is 2. The summed E-state index contributed by atoms with van der Waals surface area (Å²) < 4.78 is 43.3. The smallest absolute Gasteiger partial charge is 0.187 e. The number of sulfone groups is 1. The van der Waals surface area contributed by atoms with E-state index in [4.69, 9.17) is 0 Å². The fourth-order valence-electron chi connectivity index (χ4n) is 6.53. The molecule has 0 radical (unpaired) electrons. The van der Waals surface area contributed by atoms with Crippen molar-refractivity contribution in [1.29, 1.82) is 0 Å². The highest BCUT2D eigenvalue weighted by molar-refractivity contribution is 7.92. The molecule has 194 valence electrons. The average Bonchev–Trinajstić information content (AvgIpc) is 3.34. The second-order valence-corrected chi connectivity index (χ2v) is 12.9. The predicted molar refractivity (Wildman–Crippen MR) is 144 cm³/mol. The number of Topliss-reactive ketones (excluding diaryl/α,β-unsaturated/α-hetero) is 1. The molecule has 0 spiro atoms. The van der Waals surface area contributed by atoms with E-state index in [2.05, 4.69) is 9.55 Å². The maximum atomic E-state index is 14.2. The third-order valence-corrected chi connectivity index (χ3v) is 10.6. The molecule has 0 N–H and O–H groups in total. The van der Waals surface area contributed by atoms with Gasteiger partial charge in [0, 0.05) is 29.2 Å². The first-order valence-corrected chi connectivity index (χ1v) is 14.5. The van der Waals surface area contributed by atoms with E-state index in [9.17, 15) is 17.6 Å². The summed E-state index contributed by atoms with van der Waals surface area (Å²) in [5.41, 5.74) is 3.41. The van der Waals surface area contributed by atoms with Crippen LogP contribution in [0.5, 0.6) is 0 Å². The van der Waals surface area contributed by atoms with Gasteiger partial charge in [-0.25, -0.2) is 12.8 Å². The number of nitrogens with zero attached hydrogens (tertiary/aromatic N) is 2. The average molecular weight is 529 g/mol. The monoisotopic (exact) mass is 528 g/mol. The Balaban J connectivity index is 1.43. The fraction of sp³-hybridized carbons (Fsp3) is 0.290. The Morgan fingerprint density at radius 3 is 2.58 bits per heavy atom. The lowest BCUT2D eigenvalue weighted by Gasteiger charge is -2.48. The minimum atomic E-state index is -3.62. The molecular formula is C31H29FN2O3S. The van der Waals surface area contributed by atoms with Crippen molar-refractivity contribution in [3.05, 3.63) is 114 Å². The molecule has 7 heteroatoms. The molecule has 0 amide bonds. The molecule has 5 nitrogen and oxygen atoms in total. The normalized spacial score (nSPS) is 22.9. The number of rotatable bonds is 5. The van der Waals surface area contributed by atoms with Crippen LogP contribution in [-0.2, 0) is 22.7 Å². The molecule has 2 aliphatic rings. The van der Waals surface area contributed by atoms with Crippen LogP contribution >= 0.6 is 0 Å². The molecular weight excluding hydrogens is 499 g/mol. The largest absolute Gasteiger partial charge is 0.321 e. The van der Waals surface area contributed by atoms with Gasteiger partial charge in [0.2, 0.25) is 0 Å². The second-order valence-electron chi connectivity index (χ2n) is 10.7. The zero-order chi connectivity index (χ0) is 26.5. The van der Waals surface area contributed by atoms with Crippen LogP contribution in [0.3, 0.4) is 0 Å². The van der Waals surface area contributed by atoms with Crippen molar-refractivity contribution in [2.75, 3.05) is 0 Å². The number of aromatic nitrogens is 2. The molecule has 38 heavy (non-hydrogen) atoms. The van der Waals surface area contributed by atoms with Crippen molar-refractivity contribution in [3.63, 3.8) is 0 Å². The van der Waals surface area contributed by atoms with Crippen LogP contribution in [0.2, 0.25) is 0 Å². The molecule has 2 aromatic carbocycles. The van der Waals surface area contributed by atoms with E-state index in [1.165, 1.54) is 12.1 Å².